The molecule has 0 heterocycles. The first-order valence-electron chi connectivity index (χ1n) is 2.24. The molecule has 0 rings (SSSR count). The number of hydrogen-bond donors (Lipinski definition) is 0. The summed E-state index contributed by atoms with van der Waals surface area (Å²) in [4.78, 5) is 0. The van der Waals surface area contributed by atoms with Crippen molar-refractivity contribution in [3.8, 4) is 0 Å². The van der Waals surface area contributed by atoms with Gasteiger partial charge in [-0.2, -0.15) is 11.1 Å². The molecule has 0 aliphatic heterocycles. The highest BCUT2D eigenvalue weighted by Gasteiger charge is 2.15. The maximum Gasteiger partial charge on any atom is 0.176 e. The fourth-order valence-corrected chi connectivity index (χ4v) is 1.36. The molecule has 7 heavy (non-hydrogen) atoms. The Labute approximate surface area is 50.3 Å². The zero-order valence-electron chi connectivity index (χ0n) is 4.99. The fraction of sp³-hybridized carbons (Fsp3) is 1.00. The molecule has 0 radical (unpaired) electrons. The number of hydrogen-bond acceptors (Lipinski definition) is 1. The topological polar surface area (TPSA) is 9.23 Å². The van der Waals surface area contributed by atoms with E-state index in [9.17, 15) is 0 Å². The molecule has 0 N–H and O–H groups in total. The lowest BCUT2D eigenvalue weighted by Crippen LogP contribution is -2.23. The van der Waals surface area contributed by atoms with Crippen LogP contribution in [-0.2, 0) is 4.74 Å². The molecule has 0 aliphatic carbocycles. The quantitative estimate of drug-likeness (QED) is 0.416. The van der Waals surface area contributed by atoms with Gasteiger partial charge in [0, 0.05) is 7.11 Å². The fourth-order valence-electron chi connectivity index (χ4n) is 0.343. The van der Waals surface area contributed by atoms with Gasteiger partial charge in [0.1, 0.15) is 0 Å². The Morgan fingerprint density at radius 1 is 1.57 bits per heavy atom. The second-order valence-electron chi connectivity index (χ2n) is 2.15. The van der Waals surface area contributed by atoms with Crippen LogP contribution in [0.4, 0.5) is 0 Å². The monoisotopic (exact) mass is 138 g/mol. The summed E-state index contributed by atoms with van der Waals surface area (Å²) < 4.78 is 4.84. The van der Waals surface area contributed by atoms with Crippen LogP contribution in [0.2, 0.25) is 13.1 Å². The van der Waals surface area contributed by atoms with Gasteiger partial charge < -0.3 is 4.74 Å². The maximum absolute atomic E-state index is 5.85. The van der Waals surface area contributed by atoms with Gasteiger partial charge >= 0.3 is 0 Å². The van der Waals surface area contributed by atoms with E-state index in [0.717, 1.165) is 6.23 Å². The van der Waals surface area contributed by atoms with Gasteiger partial charge in [-0.05, 0) is 0 Å². The third kappa shape index (κ3) is 6.47. The molecule has 0 unspecified atom stereocenters. The summed E-state index contributed by atoms with van der Waals surface area (Å²) >= 11 is 5.85. The van der Waals surface area contributed by atoms with Crippen LogP contribution in [0, 0.1) is 0 Å². The van der Waals surface area contributed by atoms with E-state index < -0.39 is 7.38 Å². The Bertz CT molecular complexity index is 50.1. The Kier molecular flexibility index (Phi) is 2.88. The van der Waals surface area contributed by atoms with Gasteiger partial charge in [-0.3, -0.25) is 0 Å². The molecule has 0 saturated carbocycles. The maximum atomic E-state index is 5.85. The molecule has 0 aromatic carbocycles. The molecule has 0 aromatic rings. The van der Waals surface area contributed by atoms with E-state index in [2.05, 4.69) is 13.1 Å². The molecule has 0 aromatic heterocycles. The highest BCUT2D eigenvalue weighted by molar-refractivity contribution is 7.19. The minimum absolute atomic E-state index is 0.745. The lowest BCUT2D eigenvalue weighted by Gasteiger charge is -2.08. The van der Waals surface area contributed by atoms with Gasteiger partial charge in [0.05, 0.1) is 6.23 Å². The van der Waals surface area contributed by atoms with Crippen molar-refractivity contribution in [1.29, 1.82) is 0 Å². The zero-order chi connectivity index (χ0) is 5.91. The van der Waals surface area contributed by atoms with Crippen molar-refractivity contribution < 1.29 is 4.74 Å². The van der Waals surface area contributed by atoms with Crippen molar-refractivity contribution in [2.75, 3.05) is 13.3 Å². The molecule has 44 valence electrons. The van der Waals surface area contributed by atoms with Gasteiger partial charge in [-0.15, -0.1) is 0 Å². The number of methoxy groups -OCH3 is 1. The lowest BCUT2D eigenvalue weighted by molar-refractivity contribution is 0.248. The van der Waals surface area contributed by atoms with Crippen LogP contribution in [0.3, 0.4) is 0 Å². The summed E-state index contributed by atoms with van der Waals surface area (Å²) in [5.41, 5.74) is 0. The Morgan fingerprint density at radius 2 is 2.00 bits per heavy atom. The number of rotatable bonds is 2. The molecule has 0 atom stereocenters. The standard InChI is InChI=1S/C4H11ClOSi/c1-6-4-7(2,3)5/h4H2,1-3H3. The van der Waals surface area contributed by atoms with Gasteiger partial charge in [0.15, 0.2) is 7.38 Å². The van der Waals surface area contributed by atoms with E-state index in [1.165, 1.54) is 0 Å². The molecule has 3 heteroatoms. The Morgan fingerprint density at radius 3 is 2.00 bits per heavy atom. The van der Waals surface area contributed by atoms with Crippen molar-refractivity contribution in [1.82, 2.24) is 0 Å². The average molecular weight is 139 g/mol. The van der Waals surface area contributed by atoms with E-state index in [1.54, 1.807) is 7.11 Å². The molecule has 0 saturated heterocycles. The average Bonchev–Trinajstić information content (AvgIpc) is 1.30. The summed E-state index contributed by atoms with van der Waals surface area (Å²) in [5, 5.41) is 0. The van der Waals surface area contributed by atoms with Crippen LogP contribution in [0.5, 0.6) is 0 Å². The summed E-state index contributed by atoms with van der Waals surface area (Å²) in [5.74, 6) is 0. The predicted molar refractivity (Wildman–Crippen MR) is 35.2 cm³/mol. The van der Waals surface area contributed by atoms with Crippen LogP contribution in [-0.4, -0.2) is 20.7 Å². The van der Waals surface area contributed by atoms with E-state index >= 15 is 0 Å². The van der Waals surface area contributed by atoms with Crippen LogP contribution in [0.25, 0.3) is 0 Å². The van der Waals surface area contributed by atoms with Gasteiger partial charge in [-0.25, -0.2) is 0 Å². The third-order valence-electron chi connectivity index (χ3n) is 0.488. The van der Waals surface area contributed by atoms with Crippen LogP contribution in [0.1, 0.15) is 0 Å². The van der Waals surface area contributed by atoms with E-state index in [4.69, 9.17) is 15.8 Å². The largest absolute Gasteiger partial charge is 0.386 e. The second kappa shape index (κ2) is 2.70. The molecule has 0 bridgehead atoms. The van der Waals surface area contributed by atoms with Crippen LogP contribution < -0.4 is 0 Å². The highest BCUT2D eigenvalue weighted by Crippen LogP contribution is 2.05. The van der Waals surface area contributed by atoms with Crippen LogP contribution in [0.15, 0.2) is 0 Å². The molecule has 1 nitrogen and oxygen atoms in total. The van der Waals surface area contributed by atoms with Gasteiger partial charge in [0.2, 0.25) is 0 Å². The summed E-state index contributed by atoms with van der Waals surface area (Å²) in [6.07, 6.45) is 0.745. The number of ether oxygens (including phenoxy) is 1. The lowest BCUT2D eigenvalue weighted by atomic mass is 11.5. The van der Waals surface area contributed by atoms with Gasteiger partial charge in [0.25, 0.3) is 0 Å². The molecule has 0 fully saturated rings. The van der Waals surface area contributed by atoms with Gasteiger partial charge in [-0.1, -0.05) is 13.1 Å². The first-order chi connectivity index (χ1) is 3.06. The molecule has 0 aliphatic rings. The summed E-state index contributed by atoms with van der Waals surface area (Å²) in [7, 11) is 0.270. The van der Waals surface area contributed by atoms with Crippen molar-refractivity contribution in [3.63, 3.8) is 0 Å². The smallest absolute Gasteiger partial charge is 0.176 e. The third-order valence-corrected chi connectivity index (χ3v) is 1.79. The van der Waals surface area contributed by atoms with E-state index in [1.807, 2.05) is 0 Å². The molecule has 0 spiro atoms. The predicted octanol–water partition coefficient (Wildman–Crippen LogP) is 1.62. The first-order valence-corrected chi connectivity index (χ1v) is 6.46. The van der Waals surface area contributed by atoms with Crippen molar-refractivity contribution in [2.24, 2.45) is 0 Å². The van der Waals surface area contributed by atoms with Crippen molar-refractivity contribution >= 4 is 18.5 Å². The second-order valence-corrected chi connectivity index (χ2v) is 8.95. The molecular weight excluding hydrogens is 128 g/mol. The summed E-state index contributed by atoms with van der Waals surface area (Å²) in [6, 6.07) is 0. The minimum atomic E-state index is -1.41. The number of halogens is 1. The van der Waals surface area contributed by atoms with E-state index in [-0.39, 0.29) is 0 Å². The zero-order valence-corrected chi connectivity index (χ0v) is 6.75. The summed E-state index contributed by atoms with van der Waals surface area (Å²) in [6.45, 7) is 4.11. The minimum Gasteiger partial charge on any atom is -0.386 e. The first kappa shape index (κ1) is 7.47. The molecular formula is C4H11ClOSi. The Balaban J connectivity index is 3.15. The van der Waals surface area contributed by atoms with Crippen molar-refractivity contribution in [3.05, 3.63) is 0 Å². The van der Waals surface area contributed by atoms with Crippen molar-refractivity contribution in [2.45, 2.75) is 13.1 Å². The Hall–Kier alpha value is 0.467. The normalized spacial score (nSPS) is 12.0. The van der Waals surface area contributed by atoms with E-state index in [0.29, 0.717) is 0 Å². The SMILES string of the molecule is COC[Si](C)(C)Cl. The molecule has 0 amide bonds. The highest BCUT2D eigenvalue weighted by atomic mass is 35.6. The van der Waals surface area contributed by atoms with Crippen LogP contribution >= 0.6 is 11.1 Å².